The average Bonchev–Trinajstić information content (AvgIpc) is 3.15. The van der Waals surface area contributed by atoms with Gasteiger partial charge in [-0.25, -0.2) is 0 Å². The first-order valence-electron chi connectivity index (χ1n) is 12.3. The van der Waals surface area contributed by atoms with Gasteiger partial charge in [-0.1, -0.05) is 52.3 Å². The van der Waals surface area contributed by atoms with Crippen molar-refractivity contribution in [1.29, 1.82) is 0 Å². The molecule has 0 aliphatic heterocycles. The molecule has 0 N–H and O–H groups in total. The van der Waals surface area contributed by atoms with Gasteiger partial charge in [-0.05, 0) is 80.1 Å². The van der Waals surface area contributed by atoms with Gasteiger partial charge in [0.25, 0.3) is 0 Å². The van der Waals surface area contributed by atoms with E-state index in [9.17, 15) is 13.2 Å². The lowest BCUT2D eigenvalue weighted by Crippen LogP contribution is -2.40. The highest BCUT2D eigenvalue weighted by Crippen LogP contribution is 2.42. The lowest BCUT2D eigenvalue weighted by atomic mass is 9.82. The molecule has 186 valence electrons. The molecule has 4 aromatic rings. The third kappa shape index (κ3) is 4.93. The van der Waals surface area contributed by atoms with Crippen LogP contribution in [0.4, 0.5) is 24.5 Å². The first kappa shape index (κ1) is 25.6. The Morgan fingerprint density at radius 1 is 0.714 bits per heavy atom. The van der Waals surface area contributed by atoms with Gasteiger partial charge < -0.3 is 4.90 Å². The summed E-state index contributed by atoms with van der Waals surface area (Å²) < 4.78 is 42.0. The first-order chi connectivity index (χ1) is 16.4. The van der Waals surface area contributed by atoms with Crippen molar-refractivity contribution in [3.63, 3.8) is 0 Å². The second kappa shape index (κ2) is 9.16. The molecule has 5 heteroatoms. The zero-order chi connectivity index (χ0) is 25.6. The molecule has 0 bridgehead atoms. The summed E-state index contributed by atoms with van der Waals surface area (Å²) in [6.45, 7) is 13.2. The minimum Gasteiger partial charge on any atom is -0.336 e. The summed E-state index contributed by atoms with van der Waals surface area (Å²) in [5.74, 6) is 0. The Morgan fingerprint density at radius 2 is 1.26 bits per heavy atom. The molecule has 0 spiro atoms. The predicted octanol–water partition coefficient (Wildman–Crippen LogP) is 10.5. The summed E-state index contributed by atoms with van der Waals surface area (Å²) in [5.41, 5.74) is 2.34. The van der Waals surface area contributed by atoms with Crippen molar-refractivity contribution in [1.82, 2.24) is 0 Å². The van der Waals surface area contributed by atoms with Gasteiger partial charge in [-0.2, -0.15) is 13.2 Å². The standard InChI is InChI=1S/C30H34F3NS/c1-7-17-29(5,6)34(22-12-9-20(10-13-22)30(31,32)33)23-14-16-25-24-15-11-21(28(3,4)8-2)18-26(24)35-27(25)19-23/h9-16,18-19H,7-8,17H2,1-6H3. The molecule has 0 aliphatic carbocycles. The van der Waals surface area contributed by atoms with Gasteiger partial charge in [-0.3, -0.25) is 0 Å². The van der Waals surface area contributed by atoms with Crippen LogP contribution in [0, 0.1) is 0 Å². The number of anilines is 2. The van der Waals surface area contributed by atoms with Crippen LogP contribution in [0.1, 0.15) is 71.9 Å². The van der Waals surface area contributed by atoms with Crippen LogP contribution in [-0.2, 0) is 11.6 Å². The first-order valence-corrected chi connectivity index (χ1v) is 13.1. The molecule has 0 fully saturated rings. The van der Waals surface area contributed by atoms with E-state index >= 15 is 0 Å². The van der Waals surface area contributed by atoms with Crippen molar-refractivity contribution in [3.05, 3.63) is 71.8 Å². The molecule has 0 saturated carbocycles. The van der Waals surface area contributed by atoms with Crippen LogP contribution in [0.3, 0.4) is 0 Å². The molecule has 0 saturated heterocycles. The van der Waals surface area contributed by atoms with Gasteiger partial charge in [0.2, 0.25) is 0 Å². The molecular formula is C30H34F3NS. The highest BCUT2D eigenvalue weighted by Gasteiger charge is 2.32. The zero-order valence-electron chi connectivity index (χ0n) is 21.4. The van der Waals surface area contributed by atoms with Gasteiger partial charge in [0.05, 0.1) is 5.56 Å². The number of alkyl halides is 3. The summed E-state index contributed by atoms with van der Waals surface area (Å²) in [6.07, 6.45) is -1.38. The Kier molecular flexibility index (Phi) is 6.69. The lowest BCUT2D eigenvalue weighted by Gasteiger charge is -2.41. The number of hydrogen-bond acceptors (Lipinski definition) is 2. The van der Waals surface area contributed by atoms with Crippen molar-refractivity contribution < 1.29 is 13.2 Å². The number of hydrogen-bond donors (Lipinski definition) is 0. The van der Waals surface area contributed by atoms with Crippen LogP contribution in [0.5, 0.6) is 0 Å². The highest BCUT2D eigenvalue weighted by atomic mass is 32.1. The number of benzene rings is 3. The van der Waals surface area contributed by atoms with Gasteiger partial charge in [-0.15, -0.1) is 11.3 Å². The Balaban J connectivity index is 1.83. The Bertz CT molecular complexity index is 1330. The summed E-state index contributed by atoms with van der Waals surface area (Å²) in [4.78, 5) is 2.19. The third-order valence-corrected chi connectivity index (χ3v) is 8.42. The van der Waals surface area contributed by atoms with E-state index in [2.05, 4.69) is 82.8 Å². The van der Waals surface area contributed by atoms with E-state index in [1.54, 1.807) is 23.5 Å². The molecule has 1 heterocycles. The fraction of sp³-hybridized carbons (Fsp3) is 0.400. The van der Waals surface area contributed by atoms with Crippen molar-refractivity contribution >= 4 is 42.9 Å². The summed E-state index contributed by atoms with van der Waals surface area (Å²) in [5, 5.41) is 2.47. The van der Waals surface area contributed by atoms with Crippen LogP contribution in [0.15, 0.2) is 60.7 Å². The Labute approximate surface area is 210 Å². The molecule has 0 amide bonds. The Morgan fingerprint density at radius 3 is 1.83 bits per heavy atom. The van der Waals surface area contributed by atoms with E-state index in [0.29, 0.717) is 0 Å². The minimum atomic E-state index is -4.34. The van der Waals surface area contributed by atoms with Crippen molar-refractivity contribution in [3.8, 4) is 0 Å². The zero-order valence-corrected chi connectivity index (χ0v) is 22.2. The lowest BCUT2D eigenvalue weighted by molar-refractivity contribution is -0.137. The maximum Gasteiger partial charge on any atom is 0.416 e. The minimum absolute atomic E-state index is 0.124. The van der Waals surface area contributed by atoms with Crippen molar-refractivity contribution in [2.75, 3.05) is 4.90 Å². The maximum atomic E-state index is 13.2. The monoisotopic (exact) mass is 497 g/mol. The number of rotatable bonds is 7. The fourth-order valence-corrected chi connectivity index (χ4v) is 6.08. The number of nitrogens with zero attached hydrogens (tertiary/aromatic N) is 1. The van der Waals surface area contributed by atoms with E-state index in [1.807, 2.05) is 0 Å². The van der Waals surface area contributed by atoms with Crippen molar-refractivity contribution in [2.45, 2.75) is 77.9 Å². The molecule has 0 atom stereocenters. The molecule has 0 unspecified atom stereocenters. The van der Waals surface area contributed by atoms with Crippen molar-refractivity contribution in [2.24, 2.45) is 0 Å². The quantitative estimate of drug-likeness (QED) is 0.245. The van der Waals surface area contributed by atoms with E-state index in [4.69, 9.17) is 0 Å². The molecule has 1 aromatic heterocycles. The average molecular weight is 498 g/mol. The molecule has 3 aromatic carbocycles. The second-order valence-corrected chi connectivity index (χ2v) is 11.8. The Hall–Kier alpha value is -2.53. The molecule has 35 heavy (non-hydrogen) atoms. The summed E-state index contributed by atoms with van der Waals surface area (Å²) >= 11 is 1.78. The van der Waals surface area contributed by atoms with Crippen LogP contribution < -0.4 is 4.90 Å². The summed E-state index contributed by atoms with van der Waals surface area (Å²) in [6, 6.07) is 18.8. The summed E-state index contributed by atoms with van der Waals surface area (Å²) in [7, 11) is 0. The normalized spacial score (nSPS) is 13.1. The van der Waals surface area contributed by atoms with Gasteiger partial charge >= 0.3 is 6.18 Å². The second-order valence-electron chi connectivity index (χ2n) is 10.7. The molecule has 0 aliphatic rings. The molecule has 0 radical (unpaired) electrons. The van der Waals surface area contributed by atoms with Crippen LogP contribution in [0.2, 0.25) is 0 Å². The molecule has 1 nitrogen and oxygen atoms in total. The number of halogens is 3. The maximum absolute atomic E-state index is 13.2. The van der Waals surface area contributed by atoms with Gasteiger partial charge in [0.15, 0.2) is 0 Å². The van der Waals surface area contributed by atoms with Gasteiger partial charge in [0, 0.05) is 37.1 Å². The van der Waals surface area contributed by atoms with E-state index in [-0.39, 0.29) is 11.0 Å². The predicted molar refractivity (Wildman–Crippen MR) is 145 cm³/mol. The van der Waals surface area contributed by atoms with Gasteiger partial charge in [0.1, 0.15) is 0 Å². The third-order valence-electron chi connectivity index (χ3n) is 7.30. The van der Waals surface area contributed by atoms with E-state index in [0.717, 1.165) is 30.6 Å². The van der Waals surface area contributed by atoms with Crippen LogP contribution >= 0.6 is 11.3 Å². The van der Waals surface area contributed by atoms with Crippen LogP contribution in [0.25, 0.3) is 20.2 Å². The fourth-order valence-electron chi connectivity index (χ4n) is 4.90. The van der Waals surface area contributed by atoms with E-state index < -0.39 is 11.7 Å². The highest BCUT2D eigenvalue weighted by molar-refractivity contribution is 7.25. The topological polar surface area (TPSA) is 3.24 Å². The SMILES string of the molecule is CCCC(C)(C)N(c1ccc(C(F)(F)F)cc1)c1ccc2c(c1)sc1cc(C(C)(C)CC)ccc12. The number of fused-ring (bicyclic) bond motifs is 3. The van der Waals surface area contributed by atoms with E-state index in [1.165, 1.54) is 37.9 Å². The molecule has 4 rings (SSSR count). The smallest absolute Gasteiger partial charge is 0.336 e. The number of thiophene rings is 1. The molecular weight excluding hydrogens is 463 g/mol. The van der Waals surface area contributed by atoms with Crippen LogP contribution in [-0.4, -0.2) is 5.54 Å². The largest absolute Gasteiger partial charge is 0.416 e.